The van der Waals surface area contributed by atoms with Gasteiger partial charge in [-0.3, -0.25) is 4.72 Å². The average Bonchev–Trinajstić information content (AvgIpc) is 3.01. The van der Waals surface area contributed by atoms with Crippen LogP contribution in [0, 0.1) is 0 Å². The van der Waals surface area contributed by atoms with Crippen LogP contribution in [0.5, 0.6) is 0 Å². The number of anilines is 2. The quantitative estimate of drug-likeness (QED) is 0.606. The number of benzene rings is 2. The molecule has 9 heteroatoms. The number of sulfonamides is 1. The van der Waals surface area contributed by atoms with Gasteiger partial charge < -0.3 is 10.4 Å². The first-order valence-corrected chi connectivity index (χ1v) is 13.9. The number of hydrogen-bond donors (Lipinski definition) is 3. The van der Waals surface area contributed by atoms with Crippen molar-refractivity contribution in [1.29, 1.82) is 0 Å². The third-order valence-electron chi connectivity index (χ3n) is 6.08. The molecule has 1 aliphatic heterocycles. The Morgan fingerprint density at radius 1 is 0.839 bits per heavy atom. The molecule has 2 aliphatic rings. The van der Waals surface area contributed by atoms with E-state index in [-0.39, 0.29) is 16.4 Å². The summed E-state index contributed by atoms with van der Waals surface area (Å²) in [6, 6.07) is 13.1. The van der Waals surface area contributed by atoms with Gasteiger partial charge in [0.1, 0.15) is 0 Å². The largest absolute Gasteiger partial charge is 0.390 e. The van der Waals surface area contributed by atoms with Gasteiger partial charge in [0.05, 0.1) is 28.5 Å². The summed E-state index contributed by atoms with van der Waals surface area (Å²) in [5, 5.41) is 12.9. The molecule has 0 unspecified atom stereocenters. The third kappa shape index (κ3) is 5.39. The maximum Gasteiger partial charge on any atom is 0.261 e. The fourth-order valence-electron chi connectivity index (χ4n) is 4.38. The first-order valence-electron chi connectivity index (χ1n) is 10.6. The van der Waals surface area contributed by atoms with Crippen molar-refractivity contribution in [3.8, 4) is 0 Å². The van der Waals surface area contributed by atoms with Crippen LogP contribution in [0.25, 0.3) is 0 Å². The van der Waals surface area contributed by atoms with Crippen LogP contribution in [-0.4, -0.2) is 45.6 Å². The maximum atomic E-state index is 12.7. The molecule has 0 bridgehead atoms. The highest BCUT2D eigenvalue weighted by atomic mass is 32.2. The van der Waals surface area contributed by atoms with E-state index < -0.39 is 32.0 Å². The molecule has 1 aliphatic carbocycles. The predicted molar refractivity (Wildman–Crippen MR) is 122 cm³/mol. The molecule has 2 atom stereocenters. The normalized spacial score (nSPS) is 24.0. The summed E-state index contributed by atoms with van der Waals surface area (Å²) >= 11 is 0. The predicted octanol–water partition coefficient (Wildman–Crippen LogP) is 3.10. The molecule has 2 aromatic carbocycles. The minimum Gasteiger partial charge on any atom is -0.390 e. The molecule has 31 heavy (non-hydrogen) atoms. The van der Waals surface area contributed by atoms with E-state index in [4.69, 9.17) is 0 Å². The van der Waals surface area contributed by atoms with Gasteiger partial charge in [0.15, 0.2) is 9.84 Å². The zero-order valence-corrected chi connectivity index (χ0v) is 18.8. The standard InChI is InChI=1S/C22H28N2O5S2/c25-22-15-30(26,27)14-21(22)23-18-8-10-19(11-9-18)24-31(28,29)20-12-6-17(7-13-20)16-4-2-1-3-5-16/h6-13,16,21-25H,1-5,14-15H2/t21-,22-/m1/s1. The van der Waals surface area contributed by atoms with Crippen molar-refractivity contribution >= 4 is 31.2 Å². The van der Waals surface area contributed by atoms with Crippen LogP contribution < -0.4 is 10.0 Å². The molecule has 1 saturated heterocycles. The topological polar surface area (TPSA) is 113 Å². The molecule has 3 N–H and O–H groups in total. The molecule has 4 rings (SSSR count). The Bertz CT molecular complexity index is 1110. The second-order valence-corrected chi connectivity index (χ2v) is 12.3. The SMILES string of the molecule is O=S1(=O)C[C@@H](O)[C@H](Nc2ccc(NS(=O)(=O)c3ccc(C4CCCCC4)cc3)cc2)C1. The summed E-state index contributed by atoms with van der Waals surface area (Å²) in [4.78, 5) is 0.216. The molecule has 1 heterocycles. The second-order valence-electron chi connectivity index (χ2n) is 8.48. The summed E-state index contributed by atoms with van der Waals surface area (Å²) in [5.41, 5.74) is 2.22. The maximum absolute atomic E-state index is 12.7. The summed E-state index contributed by atoms with van der Waals surface area (Å²) < 4.78 is 51.3. The lowest BCUT2D eigenvalue weighted by molar-refractivity contribution is 0.190. The van der Waals surface area contributed by atoms with Gasteiger partial charge in [-0.25, -0.2) is 16.8 Å². The van der Waals surface area contributed by atoms with E-state index in [0.29, 0.717) is 17.3 Å². The van der Waals surface area contributed by atoms with Crippen molar-refractivity contribution in [3.05, 3.63) is 54.1 Å². The lowest BCUT2D eigenvalue weighted by atomic mass is 9.84. The van der Waals surface area contributed by atoms with Crippen LogP contribution in [0.4, 0.5) is 11.4 Å². The first kappa shape index (κ1) is 22.1. The number of rotatable bonds is 6. The molecule has 0 aromatic heterocycles. The van der Waals surface area contributed by atoms with Gasteiger partial charge >= 0.3 is 0 Å². The highest BCUT2D eigenvalue weighted by molar-refractivity contribution is 7.92. The smallest absolute Gasteiger partial charge is 0.261 e. The Morgan fingerprint density at radius 3 is 2.03 bits per heavy atom. The van der Waals surface area contributed by atoms with Crippen molar-refractivity contribution in [3.63, 3.8) is 0 Å². The van der Waals surface area contributed by atoms with Gasteiger partial charge in [-0.2, -0.15) is 0 Å². The van der Waals surface area contributed by atoms with Crippen LogP contribution in [0.1, 0.15) is 43.6 Å². The Labute approximate surface area is 183 Å². The molecule has 0 radical (unpaired) electrons. The van der Waals surface area contributed by atoms with Crippen LogP contribution in [-0.2, 0) is 19.9 Å². The van der Waals surface area contributed by atoms with Crippen molar-refractivity contribution in [1.82, 2.24) is 0 Å². The molecule has 0 amide bonds. The Hall–Kier alpha value is -2.10. The van der Waals surface area contributed by atoms with Crippen molar-refractivity contribution in [2.24, 2.45) is 0 Å². The number of aliphatic hydroxyl groups is 1. The number of sulfone groups is 1. The van der Waals surface area contributed by atoms with E-state index in [9.17, 15) is 21.9 Å². The lowest BCUT2D eigenvalue weighted by Crippen LogP contribution is -2.31. The Kier molecular flexibility index (Phi) is 6.27. The van der Waals surface area contributed by atoms with Gasteiger partial charge in [0.2, 0.25) is 0 Å². The second kappa shape index (κ2) is 8.80. The van der Waals surface area contributed by atoms with Crippen LogP contribution in [0.3, 0.4) is 0 Å². The third-order valence-corrected chi connectivity index (χ3v) is 9.19. The molecular weight excluding hydrogens is 436 g/mol. The minimum absolute atomic E-state index is 0.126. The molecule has 2 fully saturated rings. The van der Waals surface area contributed by atoms with Crippen LogP contribution in [0.15, 0.2) is 53.4 Å². The van der Waals surface area contributed by atoms with Crippen LogP contribution in [0.2, 0.25) is 0 Å². The van der Waals surface area contributed by atoms with E-state index in [2.05, 4.69) is 10.0 Å². The van der Waals surface area contributed by atoms with Gasteiger partial charge in [-0.15, -0.1) is 0 Å². The van der Waals surface area contributed by atoms with E-state index >= 15 is 0 Å². The zero-order valence-electron chi connectivity index (χ0n) is 17.2. The summed E-state index contributed by atoms with van der Waals surface area (Å²) in [5.74, 6) is 0.147. The lowest BCUT2D eigenvalue weighted by Gasteiger charge is -2.22. The molecule has 1 saturated carbocycles. The van der Waals surface area contributed by atoms with Crippen molar-refractivity contribution in [2.75, 3.05) is 21.5 Å². The van der Waals surface area contributed by atoms with Crippen molar-refractivity contribution in [2.45, 2.75) is 55.1 Å². The zero-order chi connectivity index (χ0) is 22.1. The fourth-order valence-corrected chi connectivity index (χ4v) is 7.18. The first-order chi connectivity index (χ1) is 14.7. The van der Waals surface area contributed by atoms with E-state index in [1.807, 2.05) is 12.1 Å². The molecule has 0 spiro atoms. The Morgan fingerprint density at radius 2 is 1.45 bits per heavy atom. The fraction of sp³-hybridized carbons (Fsp3) is 0.455. The Balaban J connectivity index is 1.40. The average molecular weight is 465 g/mol. The summed E-state index contributed by atoms with van der Waals surface area (Å²) in [6.07, 6.45) is 5.10. The summed E-state index contributed by atoms with van der Waals surface area (Å²) in [6.45, 7) is 0. The highest BCUT2D eigenvalue weighted by Gasteiger charge is 2.36. The van der Waals surface area contributed by atoms with E-state index in [1.165, 1.54) is 24.8 Å². The van der Waals surface area contributed by atoms with Crippen molar-refractivity contribution < 1.29 is 21.9 Å². The van der Waals surface area contributed by atoms with E-state index in [0.717, 1.165) is 12.8 Å². The minimum atomic E-state index is -3.71. The molecule has 7 nitrogen and oxygen atoms in total. The molecule has 168 valence electrons. The molecular formula is C22H28N2O5S2. The number of hydrogen-bond acceptors (Lipinski definition) is 6. The van der Waals surface area contributed by atoms with Gasteiger partial charge in [0.25, 0.3) is 10.0 Å². The van der Waals surface area contributed by atoms with E-state index in [1.54, 1.807) is 36.4 Å². The monoisotopic (exact) mass is 464 g/mol. The highest BCUT2D eigenvalue weighted by Crippen LogP contribution is 2.33. The number of aliphatic hydroxyl groups excluding tert-OH is 1. The number of nitrogens with one attached hydrogen (secondary N) is 2. The van der Waals surface area contributed by atoms with Gasteiger partial charge in [-0.05, 0) is 60.7 Å². The van der Waals surface area contributed by atoms with Gasteiger partial charge in [-0.1, -0.05) is 31.4 Å². The summed E-state index contributed by atoms with van der Waals surface area (Å²) in [7, 11) is -6.95. The van der Waals surface area contributed by atoms with Crippen LogP contribution >= 0.6 is 0 Å². The van der Waals surface area contributed by atoms with Gasteiger partial charge in [0, 0.05) is 11.4 Å². The molecule has 2 aromatic rings.